The highest BCUT2D eigenvalue weighted by molar-refractivity contribution is 5.83. The summed E-state index contributed by atoms with van der Waals surface area (Å²) in [7, 11) is 0. The average Bonchev–Trinajstić information content (AvgIpc) is 2.92. The van der Waals surface area contributed by atoms with Crippen molar-refractivity contribution in [2.24, 2.45) is 5.92 Å². The molecule has 1 fully saturated rings. The molecular formula is C13H21N5O2. The molecule has 1 aromatic rings. The maximum Gasteiger partial charge on any atom is 0.224 e. The molecule has 1 aliphatic rings. The average molecular weight is 279 g/mol. The fourth-order valence-electron chi connectivity index (χ4n) is 2.37. The topological polar surface area (TPSA) is 80.1 Å². The van der Waals surface area contributed by atoms with Crippen molar-refractivity contribution in [3.05, 3.63) is 12.4 Å². The Balaban J connectivity index is 1.79. The van der Waals surface area contributed by atoms with Gasteiger partial charge in [0, 0.05) is 31.7 Å². The van der Waals surface area contributed by atoms with E-state index >= 15 is 0 Å². The second-order valence-corrected chi connectivity index (χ2v) is 5.33. The van der Waals surface area contributed by atoms with Crippen molar-refractivity contribution >= 4 is 11.8 Å². The lowest BCUT2D eigenvalue weighted by molar-refractivity contribution is -0.140. The van der Waals surface area contributed by atoms with Gasteiger partial charge in [-0.05, 0) is 20.3 Å². The Labute approximate surface area is 118 Å². The number of nitrogens with one attached hydrogen (secondary N) is 1. The van der Waals surface area contributed by atoms with Crippen molar-refractivity contribution in [3.63, 3.8) is 0 Å². The van der Waals surface area contributed by atoms with E-state index in [-0.39, 0.29) is 23.8 Å². The van der Waals surface area contributed by atoms with Crippen molar-refractivity contribution in [1.82, 2.24) is 25.2 Å². The molecule has 1 aliphatic heterocycles. The van der Waals surface area contributed by atoms with Gasteiger partial charge in [-0.15, -0.1) is 5.10 Å². The lowest BCUT2D eigenvalue weighted by Crippen LogP contribution is -2.48. The normalized spacial score (nSPS) is 19.4. The minimum Gasteiger partial charge on any atom is -0.354 e. The van der Waals surface area contributed by atoms with Crippen LogP contribution in [-0.4, -0.2) is 50.8 Å². The number of rotatable bonds is 5. The number of carbonyl (C=O) groups excluding carboxylic acids is 2. The van der Waals surface area contributed by atoms with Crippen LogP contribution in [0.1, 0.15) is 26.7 Å². The SMILES string of the molecule is CC(C)N1CC(C(=O)NCCn2ccnn2)CCC1=O. The van der Waals surface area contributed by atoms with Crippen molar-refractivity contribution in [1.29, 1.82) is 0 Å². The van der Waals surface area contributed by atoms with Crippen LogP contribution < -0.4 is 5.32 Å². The maximum atomic E-state index is 12.1. The molecule has 1 unspecified atom stereocenters. The predicted molar refractivity (Wildman–Crippen MR) is 72.6 cm³/mol. The van der Waals surface area contributed by atoms with Crippen LogP contribution in [0.4, 0.5) is 0 Å². The van der Waals surface area contributed by atoms with E-state index in [1.807, 2.05) is 13.8 Å². The molecule has 110 valence electrons. The molecule has 1 N–H and O–H groups in total. The molecule has 0 radical (unpaired) electrons. The molecule has 0 aromatic carbocycles. The third-order valence-electron chi connectivity index (χ3n) is 3.55. The largest absolute Gasteiger partial charge is 0.354 e. The molecule has 1 saturated heterocycles. The molecule has 1 aromatic heterocycles. The van der Waals surface area contributed by atoms with Crippen LogP contribution in [0.5, 0.6) is 0 Å². The van der Waals surface area contributed by atoms with Gasteiger partial charge in [0.05, 0.1) is 18.7 Å². The van der Waals surface area contributed by atoms with Gasteiger partial charge in [0.25, 0.3) is 0 Å². The number of likely N-dealkylation sites (tertiary alicyclic amines) is 1. The third-order valence-corrected chi connectivity index (χ3v) is 3.55. The molecule has 7 nitrogen and oxygen atoms in total. The van der Waals surface area contributed by atoms with Gasteiger partial charge in [-0.1, -0.05) is 5.21 Å². The minimum absolute atomic E-state index is 0.0169. The Kier molecular flexibility index (Phi) is 4.70. The predicted octanol–water partition coefficient (Wildman–Crippen LogP) is 0.0413. The van der Waals surface area contributed by atoms with E-state index in [0.29, 0.717) is 32.5 Å². The first kappa shape index (κ1) is 14.5. The molecule has 0 bridgehead atoms. The van der Waals surface area contributed by atoms with Gasteiger partial charge in [-0.25, -0.2) is 0 Å². The van der Waals surface area contributed by atoms with Crippen molar-refractivity contribution in [2.45, 2.75) is 39.3 Å². The van der Waals surface area contributed by atoms with E-state index in [9.17, 15) is 9.59 Å². The molecule has 2 heterocycles. The fourth-order valence-corrected chi connectivity index (χ4v) is 2.37. The molecule has 0 aliphatic carbocycles. The maximum absolute atomic E-state index is 12.1. The lowest BCUT2D eigenvalue weighted by Gasteiger charge is -2.34. The van der Waals surface area contributed by atoms with E-state index in [4.69, 9.17) is 0 Å². The summed E-state index contributed by atoms with van der Waals surface area (Å²) in [5.41, 5.74) is 0. The first-order valence-corrected chi connectivity index (χ1v) is 6.99. The minimum atomic E-state index is -0.106. The summed E-state index contributed by atoms with van der Waals surface area (Å²) in [6, 6.07) is 0.147. The van der Waals surface area contributed by atoms with Gasteiger partial charge in [0.2, 0.25) is 11.8 Å². The molecule has 2 amide bonds. The molecule has 7 heteroatoms. The Morgan fingerprint density at radius 3 is 3.00 bits per heavy atom. The molecule has 1 atom stereocenters. The van der Waals surface area contributed by atoms with Crippen LogP contribution in [0.2, 0.25) is 0 Å². The highest BCUT2D eigenvalue weighted by Gasteiger charge is 2.31. The highest BCUT2D eigenvalue weighted by atomic mass is 16.2. The highest BCUT2D eigenvalue weighted by Crippen LogP contribution is 2.19. The summed E-state index contributed by atoms with van der Waals surface area (Å²) in [5, 5.41) is 10.4. The second kappa shape index (κ2) is 6.49. The smallest absolute Gasteiger partial charge is 0.224 e. The summed E-state index contributed by atoms with van der Waals surface area (Å²) >= 11 is 0. The van der Waals surface area contributed by atoms with E-state index in [1.54, 1.807) is 22.0 Å². The first-order valence-electron chi connectivity index (χ1n) is 6.99. The van der Waals surface area contributed by atoms with Gasteiger partial charge in [0.1, 0.15) is 0 Å². The van der Waals surface area contributed by atoms with Crippen LogP contribution in [0.15, 0.2) is 12.4 Å². The molecule has 2 rings (SSSR count). The monoisotopic (exact) mass is 279 g/mol. The Bertz CT molecular complexity index is 457. The zero-order chi connectivity index (χ0) is 14.5. The third kappa shape index (κ3) is 3.55. The summed E-state index contributed by atoms with van der Waals surface area (Å²) in [5.74, 6) is 0.0563. The van der Waals surface area contributed by atoms with Gasteiger partial charge >= 0.3 is 0 Å². The van der Waals surface area contributed by atoms with Crippen LogP contribution >= 0.6 is 0 Å². The van der Waals surface area contributed by atoms with E-state index < -0.39 is 0 Å². The number of hydrogen-bond donors (Lipinski definition) is 1. The zero-order valence-electron chi connectivity index (χ0n) is 12.0. The van der Waals surface area contributed by atoms with E-state index in [2.05, 4.69) is 15.6 Å². The summed E-state index contributed by atoms with van der Waals surface area (Å²) < 4.78 is 1.67. The molecule has 0 saturated carbocycles. The number of hydrogen-bond acceptors (Lipinski definition) is 4. The lowest BCUT2D eigenvalue weighted by atomic mass is 9.95. The molecule has 0 spiro atoms. The number of carbonyl (C=O) groups is 2. The van der Waals surface area contributed by atoms with Crippen LogP contribution in [0, 0.1) is 5.92 Å². The second-order valence-electron chi connectivity index (χ2n) is 5.33. The Morgan fingerprint density at radius 2 is 2.35 bits per heavy atom. The number of nitrogens with zero attached hydrogens (tertiary/aromatic N) is 4. The Morgan fingerprint density at radius 1 is 1.55 bits per heavy atom. The zero-order valence-corrected chi connectivity index (χ0v) is 12.0. The summed E-state index contributed by atoms with van der Waals surface area (Å²) in [6.45, 7) is 5.59. The molecular weight excluding hydrogens is 258 g/mol. The van der Waals surface area contributed by atoms with E-state index in [0.717, 1.165) is 0 Å². The van der Waals surface area contributed by atoms with Crippen LogP contribution in [0.25, 0.3) is 0 Å². The van der Waals surface area contributed by atoms with Crippen molar-refractivity contribution in [3.8, 4) is 0 Å². The summed E-state index contributed by atoms with van der Waals surface area (Å²) in [6.07, 6.45) is 4.46. The molecule has 20 heavy (non-hydrogen) atoms. The van der Waals surface area contributed by atoms with Gasteiger partial charge in [0.15, 0.2) is 0 Å². The van der Waals surface area contributed by atoms with Gasteiger partial charge < -0.3 is 10.2 Å². The number of amides is 2. The number of aromatic nitrogens is 3. The van der Waals surface area contributed by atoms with Crippen molar-refractivity contribution < 1.29 is 9.59 Å². The van der Waals surface area contributed by atoms with Gasteiger partial charge in [-0.2, -0.15) is 0 Å². The Hall–Kier alpha value is -1.92. The standard InChI is InChI=1S/C13H21N5O2/c1-10(2)18-9-11(3-4-12(18)19)13(20)14-5-7-17-8-6-15-16-17/h6,8,10-11H,3-5,7,9H2,1-2H3,(H,14,20). The van der Waals surface area contributed by atoms with Gasteiger partial charge in [-0.3, -0.25) is 14.3 Å². The number of piperidine rings is 1. The van der Waals surface area contributed by atoms with Crippen LogP contribution in [-0.2, 0) is 16.1 Å². The van der Waals surface area contributed by atoms with Crippen LogP contribution in [0.3, 0.4) is 0 Å². The first-order chi connectivity index (χ1) is 9.58. The van der Waals surface area contributed by atoms with Crippen molar-refractivity contribution in [2.75, 3.05) is 13.1 Å². The van der Waals surface area contributed by atoms with E-state index in [1.165, 1.54) is 0 Å². The fraction of sp³-hybridized carbons (Fsp3) is 0.692. The quantitative estimate of drug-likeness (QED) is 0.825. The summed E-state index contributed by atoms with van der Waals surface area (Å²) in [4.78, 5) is 25.6.